The molecule has 0 spiro atoms. The van der Waals surface area contributed by atoms with Crippen molar-refractivity contribution in [3.8, 4) is 0 Å². The molecule has 16 heteroatoms. The summed E-state index contributed by atoms with van der Waals surface area (Å²) in [6.45, 7) is 1.26. The molecule has 39 heavy (non-hydrogen) atoms. The number of hydrogen-bond acceptors (Lipinski definition) is 5. The minimum absolute atomic E-state index is 0.00882. The smallest absolute Gasteiger partial charge is 0.434 e. The van der Waals surface area contributed by atoms with Crippen LogP contribution in [0.5, 0.6) is 0 Å². The van der Waals surface area contributed by atoms with Crippen molar-refractivity contribution in [2.75, 3.05) is 44.2 Å². The topological polar surface area (TPSA) is 73.3 Å². The third-order valence-corrected chi connectivity index (χ3v) is 6.80. The van der Waals surface area contributed by atoms with E-state index in [1.54, 1.807) is 9.80 Å². The van der Waals surface area contributed by atoms with Gasteiger partial charge in [-0.25, -0.2) is 4.79 Å². The average Bonchev–Trinajstić information content (AvgIpc) is 2.81. The van der Waals surface area contributed by atoms with Gasteiger partial charge in [0.2, 0.25) is 0 Å². The van der Waals surface area contributed by atoms with Crippen LogP contribution in [0.1, 0.15) is 30.9 Å². The highest BCUT2D eigenvalue weighted by atomic mass is 19.4. The second-order valence-electron chi connectivity index (χ2n) is 9.84. The first-order valence-electron chi connectivity index (χ1n) is 11.8. The SMILES string of the molecule is CC1(C(=O)O)CCCN(c2cc(C(F)(F)F)ccc2CN2CCN(C(=O)OC(C(F)(F)F)C(F)(F)F)CC2)C1. The fraction of sp³-hybridized carbons (Fsp3) is 0.652. The monoisotopic (exact) mass is 579 g/mol. The second-order valence-corrected chi connectivity index (χ2v) is 9.84. The molecule has 0 aromatic heterocycles. The summed E-state index contributed by atoms with van der Waals surface area (Å²) in [6, 6.07) is 3.06. The summed E-state index contributed by atoms with van der Waals surface area (Å²) in [5, 5.41) is 9.61. The van der Waals surface area contributed by atoms with Crippen molar-refractivity contribution < 1.29 is 58.9 Å². The molecule has 2 fully saturated rings. The minimum atomic E-state index is -5.85. The van der Waals surface area contributed by atoms with Crippen molar-refractivity contribution in [1.29, 1.82) is 0 Å². The van der Waals surface area contributed by atoms with Crippen molar-refractivity contribution in [3.63, 3.8) is 0 Å². The normalized spacial score (nSPS) is 21.8. The van der Waals surface area contributed by atoms with Gasteiger partial charge in [-0.05, 0) is 37.5 Å². The van der Waals surface area contributed by atoms with Gasteiger partial charge in [0, 0.05) is 51.5 Å². The number of rotatable bonds is 5. The largest absolute Gasteiger partial charge is 0.481 e. The molecule has 1 aromatic rings. The lowest BCUT2D eigenvalue weighted by Crippen LogP contribution is -2.52. The van der Waals surface area contributed by atoms with Gasteiger partial charge in [-0.15, -0.1) is 0 Å². The van der Waals surface area contributed by atoms with E-state index in [1.807, 2.05) is 0 Å². The van der Waals surface area contributed by atoms with Crippen LogP contribution in [0.4, 0.5) is 50.0 Å². The number of ether oxygens (including phenoxy) is 1. The summed E-state index contributed by atoms with van der Waals surface area (Å²) >= 11 is 0. The van der Waals surface area contributed by atoms with Gasteiger partial charge in [-0.2, -0.15) is 39.5 Å². The Balaban J connectivity index is 1.73. The van der Waals surface area contributed by atoms with Crippen LogP contribution in [0.15, 0.2) is 18.2 Å². The van der Waals surface area contributed by atoms with Crippen LogP contribution in [0.3, 0.4) is 0 Å². The molecule has 7 nitrogen and oxygen atoms in total. The molecule has 0 aliphatic carbocycles. The van der Waals surface area contributed by atoms with E-state index in [0.29, 0.717) is 29.8 Å². The van der Waals surface area contributed by atoms with E-state index >= 15 is 0 Å². The maximum Gasteiger partial charge on any atom is 0.434 e. The number of anilines is 1. The number of hydrogen-bond donors (Lipinski definition) is 1. The lowest BCUT2D eigenvalue weighted by atomic mass is 9.81. The molecule has 2 heterocycles. The van der Waals surface area contributed by atoms with Gasteiger partial charge in [0.05, 0.1) is 11.0 Å². The third kappa shape index (κ3) is 7.39. The molecular formula is C23H26F9N3O4. The number of piperidine rings is 1. The van der Waals surface area contributed by atoms with Gasteiger partial charge in [-0.3, -0.25) is 9.69 Å². The molecule has 220 valence electrons. The Morgan fingerprint density at radius 3 is 2.08 bits per heavy atom. The summed E-state index contributed by atoms with van der Waals surface area (Å²) in [5.74, 6) is -1.08. The first-order valence-corrected chi connectivity index (χ1v) is 11.8. The van der Waals surface area contributed by atoms with Crippen LogP contribution in [0.25, 0.3) is 0 Å². The van der Waals surface area contributed by atoms with Crippen LogP contribution in [-0.4, -0.2) is 84.7 Å². The number of amides is 1. The molecule has 2 aliphatic rings. The zero-order chi connectivity index (χ0) is 29.4. The Morgan fingerprint density at radius 1 is 0.974 bits per heavy atom. The molecule has 2 saturated heterocycles. The van der Waals surface area contributed by atoms with Crippen LogP contribution >= 0.6 is 0 Å². The van der Waals surface area contributed by atoms with E-state index < -0.39 is 47.7 Å². The molecule has 0 radical (unpaired) electrons. The summed E-state index contributed by atoms with van der Waals surface area (Å²) in [5.41, 5.74) is -1.51. The number of carboxylic acid groups (broad SMARTS) is 1. The second kappa shape index (κ2) is 10.9. The van der Waals surface area contributed by atoms with Gasteiger partial charge in [0.25, 0.3) is 6.10 Å². The van der Waals surface area contributed by atoms with E-state index in [9.17, 15) is 54.2 Å². The van der Waals surface area contributed by atoms with Gasteiger partial charge in [0.1, 0.15) is 0 Å². The molecule has 1 unspecified atom stereocenters. The van der Waals surface area contributed by atoms with Gasteiger partial charge in [0.15, 0.2) is 0 Å². The number of piperazine rings is 1. The van der Waals surface area contributed by atoms with Crippen LogP contribution in [0.2, 0.25) is 0 Å². The molecular weight excluding hydrogens is 553 g/mol. The van der Waals surface area contributed by atoms with Crippen molar-refractivity contribution in [1.82, 2.24) is 9.80 Å². The van der Waals surface area contributed by atoms with Crippen molar-refractivity contribution in [2.45, 2.75) is 50.9 Å². The third-order valence-electron chi connectivity index (χ3n) is 6.80. The number of alkyl halides is 9. The van der Waals surface area contributed by atoms with E-state index in [4.69, 9.17) is 0 Å². The fourth-order valence-electron chi connectivity index (χ4n) is 4.61. The molecule has 1 N–H and O–H groups in total. The lowest BCUT2D eigenvalue weighted by molar-refractivity contribution is -0.308. The molecule has 0 bridgehead atoms. The quantitative estimate of drug-likeness (QED) is 0.487. The van der Waals surface area contributed by atoms with E-state index in [1.165, 1.54) is 13.0 Å². The number of aliphatic carboxylic acids is 1. The van der Waals surface area contributed by atoms with E-state index in [-0.39, 0.29) is 45.0 Å². The van der Waals surface area contributed by atoms with Crippen molar-refractivity contribution >= 4 is 17.7 Å². The highest BCUT2D eigenvalue weighted by molar-refractivity contribution is 5.76. The number of halogens is 9. The number of benzene rings is 1. The Labute approximate surface area is 217 Å². The van der Waals surface area contributed by atoms with Gasteiger partial charge >= 0.3 is 30.6 Å². The van der Waals surface area contributed by atoms with E-state index in [2.05, 4.69) is 4.74 Å². The number of carboxylic acids is 1. The average molecular weight is 579 g/mol. The predicted molar refractivity (Wildman–Crippen MR) is 118 cm³/mol. The highest BCUT2D eigenvalue weighted by Gasteiger charge is 2.60. The van der Waals surface area contributed by atoms with Crippen molar-refractivity contribution in [2.24, 2.45) is 5.41 Å². The lowest BCUT2D eigenvalue weighted by Gasteiger charge is -2.40. The number of nitrogens with zero attached hydrogens (tertiary/aromatic N) is 3. The van der Waals surface area contributed by atoms with Crippen LogP contribution in [-0.2, 0) is 22.3 Å². The summed E-state index contributed by atoms with van der Waals surface area (Å²) in [7, 11) is 0. The summed E-state index contributed by atoms with van der Waals surface area (Å²) in [6.07, 6.45) is -21.6. The number of carbonyl (C=O) groups is 2. The van der Waals surface area contributed by atoms with Crippen molar-refractivity contribution in [3.05, 3.63) is 29.3 Å². The zero-order valence-electron chi connectivity index (χ0n) is 20.6. The predicted octanol–water partition coefficient (Wildman–Crippen LogP) is 5.14. The minimum Gasteiger partial charge on any atom is -0.481 e. The highest BCUT2D eigenvalue weighted by Crippen LogP contribution is 2.39. The molecule has 1 aromatic carbocycles. The molecule has 3 rings (SSSR count). The Bertz CT molecular complexity index is 1040. The Kier molecular flexibility index (Phi) is 8.58. The standard InChI is InChI=1S/C23H26F9N3O4/c1-20(18(36)37)5-2-6-35(13-20)16-11-15(21(24,25)26)4-3-14(16)12-33-7-9-34(10-8-33)19(38)39-17(22(27,28)29)23(30,31)32/h3-4,11,17H,2,5-10,12-13H2,1H3,(H,36,37). The maximum atomic E-state index is 13.4. The molecule has 0 saturated carbocycles. The Morgan fingerprint density at radius 2 is 1.56 bits per heavy atom. The van der Waals surface area contributed by atoms with Gasteiger partial charge < -0.3 is 19.6 Å². The molecule has 2 aliphatic heterocycles. The molecule has 1 atom stereocenters. The van der Waals surface area contributed by atoms with Crippen LogP contribution < -0.4 is 4.90 Å². The Hall–Kier alpha value is -2.91. The fourth-order valence-corrected chi connectivity index (χ4v) is 4.61. The van der Waals surface area contributed by atoms with Crippen LogP contribution in [0, 0.1) is 5.41 Å². The summed E-state index contributed by atoms with van der Waals surface area (Å²) in [4.78, 5) is 27.7. The molecule has 1 amide bonds. The summed E-state index contributed by atoms with van der Waals surface area (Å²) < 4.78 is 120. The maximum absolute atomic E-state index is 13.4. The first-order chi connectivity index (χ1) is 17.8. The zero-order valence-corrected chi connectivity index (χ0v) is 20.6. The van der Waals surface area contributed by atoms with Gasteiger partial charge in [-0.1, -0.05) is 6.07 Å². The number of carbonyl (C=O) groups excluding carboxylic acids is 1. The van der Waals surface area contributed by atoms with E-state index in [0.717, 1.165) is 12.1 Å². The first kappa shape index (κ1) is 30.6.